The molecule has 0 bridgehead atoms. The van der Waals surface area contributed by atoms with Crippen LogP contribution in [-0.2, 0) is 27.3 Å². The van der Waals surface area contributed by atoms with Gasteiger partial charge in [0.15, 0.2) is 0 Å². The van der Waals surface area contributed by atoms with Crippen molar-refractivity contribution in [3.8, 4) is 11.5 Å². The standard InChI is InChI=1S/C21H25BrO6/c1-12(10-14(6-5-9-22)20(24)27-4)7-8-15-18(23)17-16(11-28-21(17)25)13(2)19(15)26-3/h5,7,9,14,23H,6,8,10-11H2,1-4H3/b9-5+,12-7+. The van der Waals surface area contributed by atoms with Crippen molar-refractivity contribution in [3.05, 3.63) is 45.0 Å². The fourth-order valence-electron chi connectivity index (χ4n) is 3.42. The number of cyclic esters (lactones) is 1. The van der Waals surface area contributed by atoms with E-state index >= 15 is 0 Å². The summed E-state index contributed by atoms with van der Waals surface area (Å²) < 4.78 is 15.4. The van der Waals surface area contributed by atoms with Crippen LogP contribution in [0.4, 0.5) is 0 Å². The molecule has 1 aromatic rings. The highest BCUT2D eigenvalue weighted by atomic mass is 79.9. The Labute approximate surface area is 173 Å². The number of hydrogen-bond donors (Lipinski definition) is 1. The lowest BCUT2D eigenvalue weighted by atomic mass is 9.93. The first-order valence-electron chi connectivity index (χ1n) is 8.92. The molecule has 0 amide bonds. The van der Waals surface area contributed by atoms with Crippen molar-refractivity contribution in [2.24, 2.45) is 5.92 Å². The van der Waals surface area contributed by atoms with Crippen LogP contribution in [0.15, 0.2) is 22.7 Å². The molecule has 1 heterocycles. The van der Waals surface area contributed by atoms with Crippen LogP contribution in [-0.4, -0.2) is 31.3 Å². The van der Waals surface area contributed by atoms with Crippen LogP contribution in [0.3, 0.4) is 0 Å². The van der Waals surface area contributed by atoms with Crippen molar-refractivity contribution < 1.29 is 28.9 Å². The Morgan fingerprint density at radius 2 is 2.11 bits per heavy atom. The minimum atomic E-state index is -0.521. The van der Waals surface area contributed by atoms with E-state index in [1.807, 2.05) is 26.0 Å². The van der Waals surface area contributed by atoms with Gasteiger partial charge in [-0.05, 0) is 43.7 Å². The molecule has 0 aliphatic carbocycles. The predicted octanol–water partition coefficient (Wildman–Crippen LogP) is 4.35. The number of ether oxygens (including phenoxy) is 3. The Kier molecular flexibility index (Phi) is 7.69. The smallest absolute Gasteiger partial charge is 0.342 e. The molecule has 1 aromatic carbocycles. The first-order valence-corrected chi connectivity index (χ1v) is 9.84. The fourth-order valence-corrected chi connectivity index (χ4v) is 3.64. The Bertz CT molecular complexity index is 825. The van der Waals surface area contributed by atoms with Gasteiger partial charge in [0.1, 0.15) is 23.7 Å². The summed E-state index contributed by atoms with van der Waals surface area (Å²) in [5, 5.41) is 10.7. The Morgan fingerprint density at radius 3 is 2.71 bits per heavy atom. The number of phenolic OH excluding ortho intramolecular Hbond substituents is 1. The summed E-state index contributed by atoms with van der Waals surface area (Å²) in [5.41, 5.74) is 3.18. The maximum absolute atomic E-state index is 12.0. The predicted molar refractivity (Wildman–Crippen MR) is 109 cm³/mol. The van der Waals surface area contributed by atoms with Crippen LogP contribution < -0.4 is 4.74 Å². The molecular weight excluding hydrogens is 428 g/mol. The first kappa shape index (κ1) is 22.0. The van der Waals surface area contributed by atoms with Gasteiger partial charge in [-0.15, -0.1) is 0 Å². The van der Waals surface area contributed by atoms with Crippen molar-refractivity contribution in [1.29, 1.82) is 0 Å². The monoisotopic (exact) mass is 452 g/mol. The summed E-state index contributed by atoms with van der Waals surface area (Å²) in [5.74, 6) is -0.634. The number of hydrogen-bond acceptors (Lipinski definition) is 6. The molecular formula is C21H25BrO6. The highest BCUT2D eigenvalue weighted by molar-refractivity contribution is 9.11. The average molecular weight is 453 g/mol. The zero-order valence-electron chi connectivity index (χ0n) is 16.5. The van der Waals surface area contributed by atoms with Gasteiger partial charge in [0.2, 0.25) is 0 Å². The second-order valence-electron chi connectivity index (χ2n) is 6.69. The number of carbonyl (C=O) groups is 2. The SMILES string of the molecule is COC(=O)C(C/C=C/Br)C/C(C)=C/Cc1c(O)c2c(c(C)c1OC)COC2=O. The summed E-state index contributed by atoms with van der Waals surface area (Å²) in [7, 11) is 2.91. The van der Waals surface area contributed by atoms with Crippen molar-refractivity contribution >= 4 is 27.9 Å². The molecule has 0 spiro atoms. The van der Waals surface area contributed by atoms with Crippen LogP contribution in [0.1, 0.15) is 46.8 Å². The number of esters is 2. The van der Waals surface area contributed by atoms with Gasteiger partial charge in [-0.2, -0.15) is 0 Å². The number of benzene rings is 1. The molecule has 0 fully saturated rings. The largest absolute Gasteiger partial charge is 0.507 e. The highest BCUT2D eigenvalue weighted by Crippen LogP contribution is 2.42. The first-order chi connectivity index (χ1) is 13.3. The quantitative estimate of drug-likeness (QED) is 0.466. The minimum Gasteiger partial charge on any atom is -0.507 e. The van der Waals surface area contributed by atoms with Crippen LogP contribution in [0, 0.1) is 12.8 Å². The second-order valence-corrected chi connectivity index (χ2v) is 7.22. The summed E-state index contributed by atoms with van der Waals surface area (Å²) in [4.78, 5) is 25.7. The Hall–Kier alpha value is -2.28. The minimum absolute atomic E-state index is 0.101. The number of allylic oxidation sites excluding steroid dienone is 3. The van der Waals surface area contributed by atoms with E-state index < -0.39 is 5.97 Å². The molecule has 0 aromatic heterocycles. The third-order valence-electron chi connectivity index (χ3n) is 4.91. The second kappa shape index (κ2) is 9.78. The van der Waals surface area contributed by atoms with E-state index in [0.29, 0.717) is 36.1 Å². The van der Waals surface area contributed by atoms with Crippen LogP contribution in [0.25, 0.3) is 0 Å². The fraction of sp³-hybridized carbons (Fsp3) is 0.429. The van der Waals surface area contributed by atoms with Gasteiger partial charge < -0.3 is 19.3 Å². The third kappa shape index (κ3) is 4.58. The summed E-state index contributed by atoms with van der Waals surface area (Å²) in [6.45, 7) is 3.91. The van der Waals surface area contributed by atoms with Gasteiger partial charge in [0, 0.05) is 11.1 Å². The molecule has 7 heteroatoms. The lowest BCUT2D eigenvalue weighted by molar-refractivity contribution is -0.145. The van der Waals surface area contributed by atoms with E-state index in [9.17, 15) is 14.7 Å². The van der Waals surface area contributed by atoms with Crippen molar-refractivity contribution in [3.63, 3.8) is 0 Å². The molecule has 0 radical (unpaired) electrons. The van der Waals surface area contributed by atoms with E-state index in [0.717, 1.165) is 11.1 Å². The highest BCUT2D eigenvalue weighted by Gasteiger charge is 2.31. The molecule has 1 unspecified atom stereocenters. The number of fused-ring (bicyclic) bond motifs is 1. The molecule has 0 saturated heterocycles. The molecule has 28 heavy (non-hydrogen) atoms. The summed E-state index contributed by atoms with van der Waals surface area (Å²) in [6, 6.07) is 0. The summed E-state index contributed by atoms with van der Waals surface area (Å²) >= 11 is 3.21. The molecule has 1 aliphatic heterocycles. The molecule has 0 saturated carbocycles. The average Bonchev–Trinajstić information content (AvgIpc) is 3.08. The number of rotatable bonds is 8. The lowest BCUT2D eigenvalue weighted by Crippen LogP contribution is -2.16. The van der Waals surface area contributed by atoms with Crippen molar-refractivity contribution in [1.82, 2.24) is 0 Å². The van der Waals surface area contributed by atoms with Gasteiger partial charge >= 0.3 is 11.9 Å². The Morgan fingerprint density at radius 1 is 1.39 bits per heavy atom. The van der Waals surface area contributed by atoms with Gasteiger partial charge in [0.05, 0.1) is 20.1 Å². The van der Waals surface area contributed by atoms with Gasteiger partial charge in [-0.25, -0.2) is 4.79 Å². The molecule has 1 aliphatic rings. The van der Waals surface area contributed by atoms with Crippen LogP contribution in [0.2, 0.25) is 0 Å². The molecule has 6 nitrogen and oxygen atoms in total. The van der Waals surface area contributed by atoms with Crippen LogP contribution in [0.5, 0.6) is 11.5 Å². The lowest BCUT2D eigenvalue weighted by Gasteiger charge is -2.16. The van der Waals surface area contributed by atoms with E-state index in [-0.39, 0.29) is 29.8 Å². The zero-order chi connectivity index (χ0) is 20.8. The summed E-state index contributed by atoms with van der Waals surface area (Å²) in [6.07, 6.45) is 5.24. The number of phenols is 1. The van der Waals surface area contributed by atoms with Gasteiger partial charge in [-0.3, -0.25) is 4.79 Å². The van der Waals surface area contributed by atoms with Gasteiger partial charge in [0.25, 0.3) is 0 Å². The van der Waals surface area contributed by atoms with E-state index in [1.165, 1.54) is 14.2 Å². The van der Waals surface area contributed by atoms with Crippen molar-refractivity contribution in [2.75, 3.05) is 14.2 Å². The number of carbonyl (C=O) groups excluding carboxylic acids is 2. The van der Waals surface area contributed by atoms with E-state index in [2.05, 4.69) is 15.9 Å². The maximum atomic E-state index is 12.0. The third-order valence-corrected chi connectivity index (χ3v) is 5.29. The van der Waals surface area contributed by atoms with Crippen LogP contribution >= 0.6 is 15.9 Å². The molecule has 152 valence electrons. The van der Waals surface area contributed by atoms with Crippen molar-refractivity contribution in [2.45, 2.75) is 39.7 Å². The van der Waals surface area contributed by atoms with E-state index in [1.54, 1.807) is 4.99 Å². The molecule has 1 N–H and O–H groups in total. The zero-order valence-corrected chi connectivity index (χ0v) is 18.1. The van der Waals surface area contributed by atoms with E-state index in [4.69, 9.17) is 14.2 Å². The molecule has 1 atom stereocenters. The maximum Gasteiger partial charge on any atom is 0.342 e. The number of halogens is 1. The topological polar surface area (TPSA) is 82.1 Å². The number of methoxy groups -OCH3 is 2. The molecule has 2 rings (SSSR count). The normalized spacial score (nSPS) is 14.8. The number of aromatic hydroxyl groups is 1. The van der Waals surface area contributed by atoms with Gasteiger partial charge in [-0.1, -0.05) is 33.7 Å². The Balaban J connectivity index is 2.29.